The lowest BCUT2D eigenvalue weighted by Gasteiger charge is -2.10. The van der Waals surface area contributed by atoms with E-state index in [1.807, 2.05) is 48.5 Å². The van der Waals surface area contributed by atoms with Crippen LogP contribution >= 0.6 is 0 Å². The van der Waals surface area contributed by atoms with Crippen LogP contribution in [-0.2, 0) is 13.1 Å². The zero-order valence-corrected chi connectivity index (χ0v) is 21.9. The SMILES string of the molecule is O=C1NCc2ccc(cc2)OCCCCCCCCCCOc2ccc(cc2)CNC(=O)c2ccc1cn2. The van der Waals surface area contributed by atoms with E-state index in [9.17, 15) is 9.59 Å². The van der Waals surface area contributed by atoms with Gasteiger partial charge in [-0.2, -0.15) is 0 Å². The number of amides is 2. The van der Waals surface area contributed by atoms with Gasteiger partial charge in [-0.1, -0.05) is 62.8 Å². The van der Waals surface area contributed by atoms with Crippen molar-refractivity contribution in [3.8, 4) is 11.5 Å². The van der Waals surface area contributed by atoms with Gasteiger partial charge in [0, 0.05) is 19.3 Å². The number of benzene rings is 2. The van der Waals surface area contributed by atoms with E-state index in [2.05, 4.69) is 15.6 Å². The molecule has 7 nitrogen and oxygen atoms in total. The number of pyridine rings is 1. The van der Waals surface area contributed by atoms with Crippen molar-refractivity contribution in [3.05, 3.63) is 89.2 Å². The molecule has 2 aromatic carbocycles. The van der Waals surface area contributed by atoms with Gasteiger partial charge in [-0.3, -0.25) is 14.6 Å². The average molecular weight is 516 g/mol. The van der Waals surface area contributed by atoms with Crippen molar-refractivity contribution in [2.45, 2.75) is 64.5 Å². The van der Waals surface area contributed by atoms with Crippen molar-refractivity contribution in [2.24, 2.45) is 0 Å². The summed E-state index contributed by atoms with van der Waals surface area (Å²) < 4.78 is 11.7. The third-order valence-corrected chi connectivity index (χ3v) is 6.59. The highest BCUT2D eigenvalue weighted by Crippen LogP contribution is 2.16. The summed E-state index contributed by atoms with van der Waals surface area (Å²) in [5, 5.41) is 5.77. The second-order valence-electron chi connectivity index (χ2n) is 9.61. The molecule has 8 rings (SSSR count). The minimum Gasteiger partial charge on any atom is -0.494 e. The third kappa shape index (κ3) is 8.91. The molecule has 5 aliphatic rings. The number of hydrogen-bond donors (Lipinski definition) is 2. The summed E-state index contributed by atoms with van der Waals surface area (Å²) in [4.78, 5) is 29.2. The lowest BCUT2D eigenvalue weighted by molar-refractivity contribution is 0.0935. The molecule has 0 atom stereocenters. The van der Waals surface area contributed by atoms with E-state index in [1.165, 1.54) is 44.7 Å². The van der Waals surface area contributed by atoms with Gasteiger partial charge >= 0.3 is 0 Å². The summed E-state index contributed by atoms with van der Waals surface area (Å²) in [6.45, 7) is 2.21. The van der Waals surface area contributed by atoms with Gasteiger partial charge in [-0.05, 0) is 60.4 Å². The molecule has 7 heteroatoms. The first kappa shape index (κ1) is 27.2. The first-order valence-electron chi connectivity index (χ1n) is 13.6. The van der Waals surface area contributed by atoms with Crippen LogP contribution in [0.1, 0.15) is 83.3 Å². The maximum atomic E-state index is 12.5. The van der Waals surface area contributed by atoms with Crippen LogP contribution in [0.2, 0.25) is 0 Å². The van der Waals surface area contributed by atoms with Crippen LogP contribution < -0.4 is 20.1 Å². The van der Waals surface area contributed by atoms with Crippen LogP contribution in [0.15, 0.2) is 66.9 Å². The quantitative estimate of drug-likeness (QED) is 0.393. The molecule has 200 valence electrons. The molecule has 2 N–H and O–H groups in total. The van der Waals surface area contributed by atoms with Gasteiger partial charge in [0.15, 0.2) is 0 Å². The fraction of sp³-hybridized carbons (Fsp3) is 0.387. The lowest BCUT2D eigenvalue weighted by atomic mass is 10.1. The second kappa shape index (κ2) is 14.8. The summed E-state index contributed by atoms with van der Waals surface area (Å²) in [7, 11) is 0. The van der Waals surface area contributed by atoms with Crippen LogP contribution in [-0.4, -0.2) is 30.0 Å². The van der Waals surface area contributed by atoms with Gasteiger partial charge in [0.1, 0.15) is 17.2 Å². The molecular weight excluding hydrogens is 478 g/mol. The Hall–Kier alpha value is -3.87. The molecule has 6 heterocycles. The lowest BCUT2D eigenvalue weighted by Crippen LogP contribution is -2.25. The summed E-state index contributed by atoms with van der Waals surface area (Å²) >= 11 is 0. The number of ether oxygens (including phenoxy) is 2. The molecule has 6 bridgehead atoms. The summed E-state index contributed by atoms with van der Waals surface area (Å²) in [6, 6.07) is 18.7. The first-order valence-corrected chi connectivity index (χ1v) is 13.6. The van der Waals surface area contributed by atoms with E-state index in [4.69, 9.17) is 9.47 Å². The Kier molecular flexibility index (Phi) is 10.6. The Morgan fingerprint density at radius 2 is 1.03 bits per heavy atom. The van der Waals surface area contributed by atoms with Gasteiger partial charge in [-0.25, -0.2) is 0 Å². The fourth-order valence-corrected chi connectivity index (χ4v) is 4.27. The molecule has 0 aliphatic carbocycles. The van der Waals surface area contributed by atoms with E-state index in [-0.39, 0.29) is 17.5 Å². The fourth-order valence-electron chi connectivity index (χ4n) is 4.27. The zero-order chi connectivity index (χ0) is 26.4. The van der Waals surface area contributed by atoms with Gasteiger partial charge < -0.3 is 20.1 Å². The number of nitrogens with one attached hydrogen (secondary N) is 2. The molecule has 0 unspecified atom stereocenters. The van der Waals surface area contributed by atoms with Gasteiger partial charge in [-0.15, -0.1) is 0 Å². The van der Waals surface area contributed by atoms with Crippen LogP contribution in [0.5, 0.6) is 11.5 Å². The van der Waals surface area contributed by atoms with E-state index in [0.29, 0.717) is 25.3 Å². The highest BCUT2D eigenvalue weighted by molar-refractivity contribution is 5.96. The molecule has 3 aromatic rings. The van der Waals surface area contributed by atoms with Crippen molar-refractivity contribution in [3.63, 3.8) is 0 Å². The average Bonchev–Trinajstić information content (AvgIpc) is 2.96. The molecular formula is C31H37N3O4. The smallest absolute Gasteiger partial charge is 0.270 e. The molecule has 0 spiro atoms. The van der Waals surface area contributed by atoms with Crippen LogP contribution in [0.25, 0.3) is 0 Å². The van der Waals surface area contributed by atoms with Gasteiger partial charge in [0.25, 0.3) is 11.8 Å². The van der Waals surface area contributed by atoms with Crippen molar-refractivity contribution >= 4 is 11.8 Å². The van der Waals surface area contributed by atoms with Crippen molar-refractivity contribution in [2.75, 3.05) is 13.2 Å². The van der Waals surface area contributed by atoms with Crippen molar-refractivity contribution < 1.29 is 19.1 Å². The molecule has 5 aliphatic heterocycles. The minimum absolute atomic E-state index is 0.244. The van der Waals surface area contributed by atoms with Crippen LogP contribution in [0, 0.1) is 0 Å². The second-order valence-corrected chi connectivity index (χ2v) is 9.61. The predicted molar refractivity (Wildman–Crippen MR) is 147 cm³/mol. The van der Waals surface area contributed by atoms with E-state index in [1.54, 1.807) is 12.1 Å². The highest BCUT2D eigenvalue weighted by Gasteiger charge is 2.11. The van der Waals surface area contributed by atoms with Crippen molar-refractivity contribution in [1.82, 2.24) is 15.6 Å². The molecule has 0 fully saturated rings. The summed E-state index contributed by atoms with van der Waals surface area (Å²) in [5.74, 6) is 1.15. The Balaban J connectivity index is 1.34. The number of hydrogen-bond acceptors (Lipinski definition) is 5. The molecule has 2 amide bonds. The number of carbonyl (C=O) groups is 2. The van der Waals surface area contributed by atoms with Gasteiger partial charge in [0.05, 0.1) is 18.8 Å². The first-order chi connectivity index (χ1) is 18.7. The number of aromatic nitrogens is 1. The summed E-state index contributed by atoms with van der Waals surface area (Å²) in [6.07, 6.45) is 10.9. The Morgan fingerprint density at radius 1 is 0.553 bits per heavy atom. The normalized spacial score (nSPS) is 16.6. The van der Waals surface area contributed by atoms with E-state index >= 15 is 0 Å². The highest BCUT2D eigenvalue weighted by atomic mass is 16.5. The maximum Gasteiger partial charge on any atom is 0.270 e. The molecule has 38 heavy (non-hydrogen) atoms. The standard InChI is InChI=1S/C31H37N3O4/c35-30-26-13-18-29(32-23-26)31(36)34-22-25-11-16-28(17-12-25)38-20-8-6-4-2-1-3-5-7-19-37-27-14-9-24(10-15-27)21-33-30/h9-18,23H,1-8,19-22H2,(H,33,35)(H,34,36). The largest absolute Gasteiger partial charge is 0.494 e. The zero-order valence-electron chi connectivity index (χ0n) is 21.9. The molecule has 0 radical (unpaired) electrons. The number of fused-ring (bicyclic) bond motifs is 1. The molecule has 0 saturated heterocycles. The predicted octanol–water partition coefficient (Wildman–Crippen LogP) is 5.83. The van der Waals surface area contributed by atoms with E-state index < -0.39 is 0 Å². The minimum atomic E-state index is -0.292. The van der Waals surface area contributed by atoms with E-state index in [0.717, 1.165) is 42.1 Å². The summed E-state index contributed by atoms with van der Waals surface area (Å²) in [5.41, 5.74) is 2.61. The van der Waals surface area contributed by atoms with Crippen LogP contribution in [0.3, 0.4) is 0 Å². The third-order valence-electron chi connectivity index (χ3n) is 6.59. The monoisotopic (exact) mass is 515 g/mol. The Bertz CT molecular complexity index is 1050. The maximum absolute atomic E-state index is 12.5. The molecule has 0 saturated carbocycles. The topological polar surface area (TPSA) is 89.5 Å². The van der Waals surface area contributed by atoms with Gasteiger partial charge in [0.2, 0.25) is 0 Å². The Labute approximate surface area is 225 Å². The molecule has 1 aromatic heterocycles. The number of carbonyl (C=O) groups excluding carboxylic acids is 2. The van der Waals surface area contributed by atoms with Crippen molar-refractivity contribution in [1.29, 1.82) is 0 Å². The number of rotatable bonds is 0. The number of nitrogens with zero attached hydrogens (tertiary/aromatic N) is 1. The van der Waals surface area contributed by atoms with Crippen LogP contribution in [0.4, 0.5) is 0 Å². The Morgan fingerprint density at radius 3 is 1.50 bits per heavy atom.